The van der Waals surface area contributed by atoms with Crippen LogP contribution in [-0.2, 0) is 4.74 Å². The Hall–Kier alpha value is -0.730. The van der Waals surface area contributed by atoms with Gasteiger partial charge in [-0.15, -0.1) is 0 Å². The highest BCUT2D eigenvalue weighted by atomic mass is 16.6. The Bertz CT molecular complexity index is 124. The Kier molecular flexibility index (Phi) is 1.60. The van der Waals surface area contributed by atoms with E-state index in [0.29, 0.717) is 0 Å². The Morgan fingerprint density at radius 1 is 1.78 bits per heavy atom. The summed E-state index contributed by atoms with van der Waals surface area (Å²) < 4.78 is 4.81. The van der Waals surface area contributed by atoms with Crippen molar-refractivity contribution in [2.24, 2.45) is 0 Å². The second-order valence-electron chi connectivity index (χ2n) is 2.27. The van der Waals surface area contributed by atoms with E-state index >= 15 is 0 Å². The minimum atomic E-state index is -0.283. The van der Waals surface area contributed by atoms with Gasteiger partial charge in [0.1, 0.15) is 6.10 Å². The second-order valence-corrected chi connectivity index (χ2v) is 2.27. The van der Waals surface area contributed by atoms with Crippen molar-refractivity contribution >= 4 is 6.09 Å². The van der Waals surface area contributed by atoms with Crippen LogP contribution in [-0.4, -0.2) is 18.2 Å². The van der Waals surface area contributed by atoms with E-state index in [1.807, 2.05) is 13.8 Å². The molecular weight excluding hydrogens is 118 g/mol. The van der Waals surface area contributed by atoms with Crippen molar-refractivity contribution in [1.82, 2.24) is 5.32 Å². The van der Waals surface area contributed by atoms with Crippen molar-refractivity contribution in [2.75, 3.05) is 0 Å². The van der Waals surface area contributed by atoms with Crippen LogP contribution in [0.3, 0.4) is 0 Å². The van der Waals surface area contributed by atoms with Gasteiger partial charge in [0.05, 0.1) is 6.04 Å². The number of hydrogen-bond acceptors (Lipinski definition) is 2. The number of carbonyl (C=O) groups is 1. The first-order chi connectivity index (χ1) is 4.24. The molecule has 1 aliphatic rings. The van der Waals surface area contributed by atoms with Gasteiger partial charge in [0.15, 0.2) is 0 Å². The molecule has 0 aliphatic carbocycles. The maximum atomic E-state index is 10.5. The molecule has 1 fully saturated rings. The Labute approximate surface area is 54.4 Å². The van der Waals surface area contributed by atoms with Crippen molar-refractivity contribution in [3.8, 4) is 0 Å². The maximum absolute atomic E-state index is 10.5. The lowest BCUT2D eigenvalue weighted by molar-refractivity contribution is 0.141. The van der Waals surface area contributed by atoms with E-state index in [1.165, 1.54) is 0 Å². The lowest BCUT2D eigenvalue weighted by atomic mass is 10.1. The molecule has 0 radical (unpaired) electrons. The lowest BCUT2D eigenvalue weighted by Crippen LogP contribution is -2.28. The molecule has 0 aromatic rings. The summed E-state index contributed by atoms with van der Waals surface area (Å²) in [6.45, 7) is 3.92. The molecule has 1 saturated heterocycles. The number of alkyl carbamates (subject to hydrolysis) is 1. The number of cyclic esters (lactones) is 1. The molecule has 0 aromatic carbocycles. The summed E-state index contributed by atoms with van der Waals surface area (Å²) in [6.07, 6.45) is 0.698. The summed E-state index contributed by atoms with van der Waals surface area (Å²) in [7, 11) is 0. The number of ether oxygens (including phenoxy) is 1. The second kappa shape index (κ2) is 2.25. The Balaban J connectivity index is 2.47. The van der Waals surface area contributed by atoms with E-state index in [2.05, 4.69) is 5.32 Å². The molecule has 1 amide bonds. The summed E-state index contributed by atoms with van der Waals surface area (Å²) in [6, 6.07) is 0.220. The third-order valence-corrected chi connectivity index (χ3v) is 1.60. The van der Waals surface area contributed by atoms with Gasteiger partial charge >= 0.3 is 6.09 Å². The van der Waals surface area contributed by atoms with Crippen LogP contribution in [0, 0.1) is 0 Å². The summed E-state index contributed by atoms with van der Waals surface area (Å²) in [5.74, 6) is 0. The maximum Gasteiger partial charge on any atom is 0.407 e. The molecule has 52 valence electrons. The van der Waals surface area contributed by atoms with E-state index in [-0.39, 0.29) is 18.2 Å². The van der Waals surface area contributed by atoms with Gasteiger partial charge in [-0.05, 0) is 13.3 Å². The monoisotopic (exact) mass is 129 g/mol. The van der Waals surface area contributed by atoms with Gasteiger partial charge in [-0.25, -0.2) is 4.79 Å². The van der Waals surface area contributed by atoms with Gasteiger partial charge in [0, 0.05) is 0 Å². The number of amides is 1. The van der Waals surface area contributed by atoms with Crippen molar-refractivity contribution < 1.29 is 9.53 Å². The SMILES string of the molecule is CC[C@@H]1NC(=O)O[C@H]1C. The normalized spacial score (nSPS) is 33.8. The summed E-state index contributed by atoms with van der Waals surface area (Å²) in [4.78, 5) is 10.5. The first-order valence-electron chi connectivity index (χ1n) is 3.21. The molecule has 0 saturated carbocycles. The van der Waals surface area contributed by atoms with Crippen molar-refractivity contribution in [1.29, 1.82) is 0 Å². The van der Waals surface area contributed by atoms with Crippen LogP contribution in [0.2, 0.25) is 0 Å². The van der Waals surface area contributed by atoms with Gasteiger partial charge in [-0.3, -0.25) is 0 Å². The average molecular weight is 129 g/mol. The largest absolute Gasteiger partial charge is 0.444 e. The molecule has 1 N–H and O–H groups in total. The van der Waals surface area contributed by atoms with Gasteiger partial charge in [-0.2, -0.15) is 0 Å². The van der Waals surface area contributed by atoms with Gasteiger partial charge in [0.2, 0.25) is 0 Å². The van der Waals surface area contributed by atoms with Crippen molar-refractivity contribution in [2.45, 2.75) is 32.4 Å². The van der Waals surface area contributed by atoms with Crippen LogP contribution in [0.25, 0.3) is 0 Å². The standard InChI is InChI=1S/C6H11NO2/c1-3-5-4(2)9-6(8)7-5/h4-5H,3H2,1-2H3,(H,7,8)/t4-,5-/m0/s1. The Morgan fingerprint density at radius 3 is 2.67 bits per heavy atom. The Morgan fingerprint density at radius 2 is 2.44 bits per heavy atom. The molecule has 1 rings (SSSR count). The van der Waals surface area contributed by atoms with Gasteiger partial charge in [-0.1, -0.05) is 6.92 Å². The molecule has 0 unspecified atom stereocenters. The summed E-state index contributed by atoms with van der Waals surface area (Å²) in [5.41, 5.74) is 0. The quantitative estimate of drug-likeness (QED) is 0.571. The van der Waals surface area contributed by atoms with Crippen LogP contribution in [0.1, 0.15) is 20.3 Å². The van der Waals surface area contributed by atoms with E-state index in [9.17, 15) is 4.79 Å². The number of hydrogen-bond donors (Lipinski definition) is 1. The van der Waals surface area contributed by atoms with Crippen LogP contribution in [0.15, 0.2) is 0 Å². The number of carbonyl (C=O) groups excluding carboxylic acids is 1. The number of rotatable bonds is 1. The van der Waals surface area contributed by atoms with E-state index in [1.54, 1.807) is 0 Å². The summed E-state index contributed by atoms with van der Waals surface area (Å²) >= 11 is 0. The van der Waals surface area contributed by atoms with E-state index in [4.69, 9.17) is 4.74 Å². The molecular formula is C6H11NO2. The molecule has 1 aliphatic heterocycles. The lowest BCUT2D eigenvalue weighted by Gasteiger charge is -2.07. The molecule has 0 spiro atoms. The fourth-order valence-electron chi connectivity index (χ4n) is 0.988. The van der Waals surface area contributed by atoms with E-state index < -0.39 is 0 Å². The predicted octanol–water partition coefficient (Wildman–Crippen LogP) is 0.893. The molecule has 2 atom stereocenters. The minimum absolute atomic E-state index is 0.0440. The zero-order chi connectivity index (χ0) is 6.85. The zero-order valence-electron chi connectivity index (χ0n) is 5.68. The highest BCUT2D eigenvalue weighted by Crippen LogP contribution is 2.09. The topological polar surface area (TPSA) is 38.3 Å². The van der Waals surface area contributed by atoms with Crippen LogP contribution >= 0.6 is 0 Å². The summed E-state index contributed by atoms with van der Waals surface area (Å²) in [5, 5.41) is 2.69. The third kappa shape index (κ3) is 1.15. The van der Waals surface area contributed by atoms with Crippen molar-refractivity contribution in [3.05, 3.63) is 0 Å². The number of nitrogens with one attached hydrogen (secondary N) is 1. The molecule has 0 bridgehead atoms. The smallest absolute Gasteiger partial charge is 0.407 e. The van der Waals surface area contributed by atoms with Crippen molar-refractivity contribution in [3.63, 3.8) is 0 Å². The van der Waals surface area contributed by atoms with Crippen LogP contribution in [0.5, 0.6) is 0 Å². The molecule has 0 aromatic heterocycles. The van der Waals surface area contributed by atoms with Gasteiger partial charge < -0.3 is 10.1 Å². The fraction of sp³-hybridized carbons (Fsp3) is 0.833. The average Bonchev–Trinajstić information content (AvgIpc) is 2.10. The first kappa shape index (κ1) is 6.39. The molecule has 9 heavy (non-hydrogen) atoms. The van der Waals surface area contributed by atoms with Gasteiger partial charge in [0.25, 0.3) is 0 Å². The van der Waals surface area contributed by atoms with Crippen LogP contribution in [0.4, 0.5) is 4.79 Å². The fourth-order valence-corrected chi connectivity index (χ4v) is 0.988. The van der Waals surface area contributed by atoms with Crippen LogP contribution < -0.4 is 5.32 Å². The molecule has 3 heteroatoms. The zero-order valence-corrected chi connectivity index (χ0v) is 5.68. The highest BCUT2D eigenvalue weighted by molar-refractivity contribution is 5.70. The minimum Gasteiger partial charge on any atom is -0.444 e. The first-order valence-corrected chi connectivity index (χ1v) is 3.21. The molecule has 1 heterocycles. The van der Waals surface area contributed by atoms with E-state index in [0.717, 1.165) is 6.42 Å². The highest BCUT2D eigenvalue weighted by Gasteiger charge is 2.28. The third-order valence-electron chi connectivity index (χ3n) is 1.60. The predicted molar refractivity (Wildman–Crippen MR) is 33.2 cm³/mol. The molecule has 3 nitrogen and oxygen atoms in total.